The zero-order valence-corrected chi connectivity index (χ0v) is 9.11. The first-order valence-corrected chi connectivity index (χ1v) is 7.03. The van der Waals surface area contributed by atoms with Gasteiger partial charge in [-0.05, 0) is 17.7 Å². The summed E-state index contributed by atoms with van der Waals surface area (Å²) in [5.74, 6) is 0. The lowest BCUT2D eigenvalue weighted by atomic mass is 10.4. The van der Waals surface area contributed by atoms with Gasteiger partial charge in [0, 0.05) is 6.42 Å². The van der Waals surface area contributed by atoms with Gasteiger partial charge in [0.25, 0.3) is 0 Å². The molecule has 1 rings (SSSR count). The van der Waals surface area contributed by atoms with E-state index in [4.69, 9.17) is 16.1 Å². The van der Waals surface area contributed by atoms with E-state index in [2.05, 4.69) is 6.07 Å². The first-order chi connectivity index (χ1) is 6.67. The summed E-state index contributed by atoms with van der Waals surface area (Å²) in [5.41, 5.74) is 0. The normalized spacial score (nSPS) is 10.9. The minimum atomic E-state index is -2.27. The van der Waals surface area contributed by atoms with E-state index >= 15 is 0 Å². The highest BCUT2D eigenvalue weighted by atomic mass is 28.3. The second kappa shape index (κ2) is 4.91. The van der Waals surface area contributed by atoms with Crippen molar-refractivity contribution in [1.29, 1.82) is 5.26 Å². The van der Waals surface area contributed by atoms with Crippen molar-refractivity contribution in [2.24, 2.45) is 10.8 Å². The molecular weight excluding hydrogens is 190 g/mol. The molecule has 14 heavy (non-hydrogen) atoms. The second-order valence-electron chi connectivity index (χ2n) is 3.42. The van der Waals surface area contributed by atoms with Crippen LogP contribution in [0, 0.1) is 11.3 Å². The Balaban J connectivity index is 2.62. The standard InChI is InChI=1S/C10H15N3Si/c11-8-4-5-9-14(12,13)10-6-2-1-3-7-10/h1-3,6-7H,4-5,9,12-13H2. The highest BCUT2D eigenvalue weighted by Gasteiger charge is 2.24. The molecule has 0 bridgehead atoms. The van der Waals surface area contributed by atoms with E-state index in [9.17, 15) is 0 Å². The quantitative estimate of drug-likeness (QED) is 0.557. The fraction of sp³-hybridized carbons (Fsp3) is 0.300. The Labute approximate surface area is 85.5 Å². The highest BCUT2D eigenvalue weighted by Crippen LogP contribution is 2.03. The van der Waals surface area contributed by atoms with E-state index in [1.165, 1.54) is 0 Å². The van der Waals surface area contributed by atoms with Crippen LogP contribution < -0.4 is 16.0 Å². The Kier molecular flexibility index (Phi) is 3.83. The van der Waals surface area contributed by atoms with Crippen LogP contribution in [0.1, 0.15) is 12.8 Å². The molecule has 0 aliphatic heterocycles. The van der Waals surface area contributed by atoms with Gasteiger partial charge in [0.2, 0.25) is 8.40 Å². The molecule has 4 heteroatoms. The number of nitrogens with zero attached hydrogens (tertiary/aromatic N) is 1. The van der Waals surface area contributed by atoms with Gasteiger partial charge in [-0.1, -0.05) is 30.3 Å². The van der Waals surface area contributed by atoms with E-state index in [0.29, 0.717) is 6.42 Å². The van der Waals surface area contributed by atoms with Gasteiger partial charge in [-0.25, -0.2) is 0 Å². The molecule has 0 saturated carbocycles. The van der Waals surface area contributed by atoms with Gasteiger partial charge in [0.05, 0.1) is 6.07 Å². The second-order valence-corrected chi connectivity index (χ2v) is 6.58. The molecule has 3 nitrogen and oxygen atoms in total. The van der Waals surface area contributed by atoms with Crippen molar-refractivity contribution >= 4 is 13.6 Å². The first kappa shape index (κ1) is 10.9. The van der Waals surface area contributed by atoms with Crippen molar-refractivity contribution in [2.75, 3.05) is 0 Å². The summed E-state index contributed by atoms with van der Waals surface area (Å²) in [6.07, 6.45) is 1.33. The van der Waals surface area contributed by atoms with Gasteiger partial charge >= 0.3 is 0 Å². The topological polar surface area (TPSA) is 75.8 Å². The van der Waals surface area contributed by atoms with Gasteiger partial charge in [-0.2, -0.15) is 5.26 Å². The monoisotopic (exact) mass is 205 g/mol. The van der Waals surface area contributed by atoms with Crippen LogP contribution in [0.2, 0.25) is 6.04 Å². The molecule has 0 radical (unpaired) electrons. The summed E-state index contributed by atoms with van der Waals surface area (Å²) in [6, 6.07) is 12.7. The zero-order chi connectivity index (χ0) is 10.4. The van der Waals surface area contributed by atoms with Crippen molar-refractivity contribution in [3.63, 3.8) is 0 Å². The summed E-state index contributed by atoms with van der Waals surface area (Å²) in [5, 5.41) is 21.6. The molecule has 0 heterocycles. The molecule has 1 aromatic carbocycles. The van der Waals surface area contributed by atoms with Crippen LogP contribution in [-0.4, -0.2) is 8.40 Å². The zero-order valence-electron chi connectivity index (χ0n) is 8.11. The summed E-state index contributed by atoms with van der Waals surface area (Å²) >= 11 is 0. The Morgan fingerprint density at radius 1 is 1.21 bits per heavy atom. The molecule has 74 valence electrons. The SMILES string of the molecule is N#CCCC[Si](N)(N)c1ccccc1. The number of hydrogen-bond donors (Lipinski definition) is 2. The van der Waals surface area contributed by atoms with Crippen molar-refractivity contribution in [2.45, 2.75) is 18.9 Å². The lowest BCUT2D eigenvalue weighted by molar-refractivity contribution is 0.939. The minimum absolute atomic E-state index is 0.538. The maximum absolute atomic E-state index is 8.42. The summed E-state index contributed by atoms with van der Waals surface area (Å²) in [6.45, 7) is 0. The Morgan fingerprint density at radius 2 is 1.86 bits per heavy atom. The molecule has 1 aromatic rings. The maximum Gasteiger partial charge on any atom is 0.229 e. The van der Waals surface area contributed by atoms with Crippen molar-refractivity contribution in [3.8, 4) is 6.07 Å². The molecule has 0 aromatic heterocycles. The molecule has 0 fully saturated rings. The smallest absolute Gasteiger partial charge is 0.229 e. The molecule has 0 atom stereocenters. The molecule has 4 N–H and O–H groups in total. The Morgan fingerprint density at radius 3 is 2.43 bits per heavy atom. The minimum Gasteiger partial charge on any atom is -0.336 e. The van der Waals surface area contributed by atoms with Crippen LogP contribution in [0.3, 0.4) is 0 Å². The summed E-state index contributed by atoms with van der Waals surface area (Å²) in [7, 11) is -2.27. The number of nitriles is 1. The Bertz CT molecular complexity index is 316. The maximum atomic E-state index is 8.42. The number of nitrogens with two attached hydrogens (primary N) is 2. The molecule has 0 saturated heterocycles. The van der Waals surface area contributed by atoms with Crippen molar-refractivity contribution < 1.29 is 0 Å². The molecule has 0 aliphatic rings. The predicted octanol–water partition coefficient (Wildman–Crippen LogP) is 0.557. The van der Waals surface area contributed by atoms with Crippen LogP contribution >= 0.6 is 0 Å². The largest absolute Gasteiger partial charge is 0.336 e. The van der Waals surface area contributed by atoms with Gasteiger partial charge in [-0.15, -0.1) is 0 Å². The van der Waals surface area contributed by atoms with Crippen LogP contribution in [0.25, 0.3) is 0 Å². The third kappa shape index (κ3) is 2.96. The average molecular weight is 205 g/mol. The molecule has 0 spiro atoms. The van der Waals surface area contributed by atoms with E-state index in [1.807, 2.05) is 30.3 Å². The van der Waals surface area contributed by atoms with Crippen molar-refractivity contribution in [1.82, 2.24) is 0 Å². The number of hydrogen-bond acceptors (Lipinski definition) is 3. The van der Waals surface area contributed by atoms with Crippen LogP contribution in [0.5, 0.6) is 0 Å². The van der Waals surface area contributed by atoms with E-state index in [-0.39, 0.29) is 0 Å². The van der Waals surface area contributed by atoms with Crippen LogP contribution in [0.15, 0.2) is 30.3 Å². The molecule has 0 amide bonds. The summed E-state index contributed by atoms with van der Waals surface area (Å²) < 4.78 is 0. The fourth-order valence-corrected chi connectivity index (χ4v) is 3.22. The molecular formula is C10H15N3Si. The third-order valence-electron chi connectivity index (χ3n) is 2.19. The van der Waals surface area contributed by atoms with Crippen LogP contribution in [-0.2, 0) is 0 Å². The predicted molar refractivity (Wildman–Crippen MR) is 59.9 cm³/mol. The van der Waals surface area contributed by atoms with Gasteiger partial charge in [0.15, 0.2) is 0 Å². The first-order valence-electron chi connectivity index (χ1n) is 4.67. The average Bonchev–Trinajstić information content (AvgIpc) is 2.19. The fourth-order valence-electron chi connectivity index (χ4n) is 1.35. The number of unbranched alkanes of at least 4 members (excludes halogenated alkanes) is 1. The lowest BCUT2D eigenvalue weighted by Gasteiger charge is -2.20. The van der Waals surface area contributed by atoms with Gasteiger partial charge < -0.3 is 10.8 Å². The Hall–Kier alpha value is -1.15. The van der Waals surface area contributed by atoms with E-state index in [0.717, 1.165) is 17.7 Å². The van der Waals surface area contributed by atoms with E-state index in [1.54, 1.807) is 0 Å². The molecule has 0 aliphatic carbocycles. The number of rotatable bonds is 4. The van der Waals surface area contributed by atoms with Crippen LogP contribution in [0.4, 0.5) is 0 Å². The molecule has 0 unspecified atom stereocenters. The van der Waals surface area contributed by atoms with Gasteiger partial charge in [0.1, 0.15) is 0 Å². The van der Waals surface area contributed by atoms with Gasteiger partial charge in [-0.3, -0.25) is 0 Å². The third-order valence-corrected chi connectivity index (χ3v) is 4.78. The highest BCUT2D eigenvalue weighted by molar-refractivity contribution is 6.86. The van der Waals surface area contributed by atoms with Crippen molar-refractivity contribution in [3.05, 3.63) is 30.3 Å². The van der Waals surface area contributed by atoms with E-state index < -0.39 is 8.40 Å². The summed E-state index contributed by atoms with van der Waals surface area (Å²) in [4.78, 5) is 0. The lowest BCUT2D eigenvalue weighted by Crippen LogP contribution is -2.65. The number of benzene rings is 1.